The predicted octanol–water partition coefficient (Wildman–Crippen LogP) is 10.8. The lowest BCUT2D eigenvalue weighted by Crippen LogP contribution is -2.61. The van der Waals surface area contributed by atoms with Crippen LogP contribution in [-0.4, -0.2) is 6.71 Å². The number of para-hydroxylation sites is 1. The summed E-state index contributed by atoms with van der Waals surface area (Å²) in [5.74, 6) is 3.59. The molecule has 6 aromatic carbocycles. The molecule has 4 heteroatoms. The van der Waals surface area contributed by atoms with Crippen molar-refractivity contribution in [1.29, 1.82) is 0 Å². The summed E-state index contributed by atoms with van der Waals surface area (Å²) in [6, 6.07) is 46.7. The maximum atomic E-state index is 7.23. The fourth-order valence-corrected chi connectivity index (χ4v) is 13.2. The molecule has 0 spiro atoms. The van der Waals surface area contributed by atoms with Gasteiger partial charge in [0.15, 0.2) is 0 Å². The summed E-state index contributed by atoms with van der Waals surface area (Å²) >= 11 is 0. The summed E-state index contributed by atoms with van der Waals surface area (Å²) in [7, 11) is 0. The minimum Gasteiger partial charge on any atom is -0.440 e. The normalized spacial score (nSPS) is 24.2. The molecule has 3 nitrogen and oxygen atoms in total. The molecule has 3 heterocycles. The molecule has 4 saturated carbocycles. The molecular weight excluding hydrogens is 679 g/mol. The second kappa shape index (κ2) is 10.9. The van der Waals surface area contributed by atoms with Gasteiger partial charge in [-0.25, -0.2) is 0 Å². The average molecular weight is 723 g/mol. The van der Waals surface area contributed by atoms with Crippen molar-refractivity contribution in [3.63, 3.8) is 0 Å². The summed E-state index contributed by atoms with van der Waals surface area (Å²) < 4.78 is 7.23. The molecule has 0 atom stereocenters. The van der Waals surface area contributed by atoms with Crippen LogP contribution in [0.15, 0.2) is 126 Å². The van der Waals surface area contributed by atoms with E-state index in [1.807, 2.05) is 0 Å². The van der Waals surface area contributed by atoms with Crippen molar-refractivity contribution in [3.8, 4) is 11.1 Å². The highest BCUT2D eigenvalue weighted by molar-refractivity contribution is 7.01. The zero-order valence-corrected chi connectivity index (χ0v) is 31.7. The van der Waals surface area contributed by atoms with E-state index < -0.39 is 0 Å². The van der Waals surface area contributed by atoms with E-state index in [1.54, 1.807) is 5.56 Å². The molecule has 15 rings (SSSR count). The molecule has 1 aromatic heterocycles. The maximum absolute atomic E-state index is 7.23. The molecule has 4 fully saturated rings. The molecule has 2 aliphatic heterocycles. The second-order valence-electron chi connectivity index (χ2n) is 18.6. The fourth-order valence-electron chi connectivity index (χ4n) is 13.2. The van der Waals surface area contributed by atoms with E-state index in [2.05, 4.69) is 131 Å². The first kappa shape index (κ1) is 30.7. The van der Waals surface area contributed by atoms with E-state index >= 15 is 0 Å². The smallest absolute Gasteiger partial charge is 0.257 e. The van der Waals surface area contributed by atoms with E-state index in [4.69, 9.17) is 4.42 Å². The third-order valence-electron chi connectivity index (χ3n) is 15.6. The predicted molar refractivity (Wildman–Crippen MR) is 230 cm³/mol. The third kappa shape index (κ3) is 4.10. The van der Waals surface area contributed by atoms with Crippen LogP contribution in [0.25, 0.3) is 22.1 Å². The van der Waals surface area contributed by atoms with Gasteiger partial charge in [0, 0.05) is 39.3 Å². The summed E-state index contributed by atoms with van der Waals surface area (Å²) in [6.45, 7) is 0.0523. The van der Waals surface area contributed by atoms with Crippen LogP contribution in [0.1, 0.15) is 66.3 Å². The minimum absolute atomic E-state index is 0.0523. The number of rotatable bonds is 4. The molecular formula is C52H43BN2O. The summed E-state index contributed by atoms with van der Waals surface area (Å²) in [5.41, 5.74) is 22.0. The van der Waals surface area contributed by atoms with Crippen LogP contribution in [0, 0.1) is 17.8 Å². The molecule has 270 valence electrons. The lowest BCUT2D eigenvalue weighted by atomic mass is 9.33. The lowest BCUT2D eigenvalue weighted by Gasteiger charge is -2.57. The van der Waals surface area contributed by atoms with Crippen LogP contribution < -0.4 is 26.2 Å². The van der Waals surface area contributed by atoms with Crippen molar-refractivity contribution in [3.05, 3.63) is 149 Å². The standard InChI is InChI=1S/C52H43BN2O/c1-3-7-34(8-4-1)37-16-18-48-43(23-37)49-51(56-48)55(41-9-5-2-6-10-41)47-27-40(52-28-31-19-32(29-52)21-33(20-31)30-52)26-46-50(47)53(49)44-24-38-13-14-39(38)25-45(44)54(46)42-17-15-35-11-12-36(35)22-42/h1-10,15-18,22-27,31-33H,11-14,19-21,28-30H2. The molecule has 0 amide bonds. The van der Waals surface area contributed by atoms with E-state index in [1.165, 1.54) is 136 Å². The highest BCUT2D eigenvalue weighted by Gasteiger charge is 2.54. The Hall–Kier alpha value is -5.48. The summed E-state index contributed by atoms with van der Waals surface area (Å²) in [5, 5.41) is 1.22. The average Bonchev–Trinajstić information content (AvgIpc) is 3.57. The van der Waals surface area contributed by atoms with Gasteiger partial charge in [-0.05, 0) is 192 Å². The van der Waals surface area contributed by atoms with Gasteiger partial charge in [-0.3, -0.25) is 4.90 Å². The number of benzene rings is 6. The molecule has 7 aromatic rings. The highest BCUT2D eigenvalue weighted by atomic mass is 16.4. The van der Waals surface area contributed by atoms with E-state index in [-0.39, 0.29) is 12.1 Å². The Morgan fingerprint density at radius 1 is 0.518 bits per heavy atom. The van der Waals surface area contributed by atoms with Crippen LogP contribution >= 0.6 is 0 Å². The first-order valence-corrected chi connectivity index (χ1v) is 21.4. The molecule has 8 aliphatic rings. The number of hydrogen-bond donors (Lipinski definition) is 0. The lowest BCUT2D eigenvalue weighted by molar-refractivity contribution is -0.00514. The SMILES string of the molecule is c1ccc(-c2ccc3oc4c(c3c2)B2c3cc5c(cc3N(c3ccc6c(c3)CC6)c3cc(C67CC8CC(CC(C8)C6)C7)cc(c32)N4c2ccccc2)CC5)cc1. The Labute approximate surface area is 329 Å². The van der Waals surface area contributed by atoms with Crippen LogP contribution in [0.4, 0.5) is 34.3 Å². The quantitative estimate of drug-likeness (QED) is 0.169. The van der Waals surface area contributed by atoms with Gasteiger partial charge < -0.3 is 9.32 Å². The third-order valence-corrected chi connectivity index (χ3v) is 15.6. The van der Waals surface area contributed by atoms with E-state index in [0.29, 0.717) is 0 Å². The van der Waals surface area contributed by atoms with Gasteiger partial charge >= 0.3 is 0 Å². The van der Waals surface area contributed by atoms with Gasteiger partial charge in [-0.1, -0.05) is 66.7 Å². The van der Waals surface area contributed by atoms with Crippen LogP contribution in [-0.2, 0) is 31.1 Å². The Kier molecular flexibility index (Phi) is 5.97. The number of furan rings is 1. The van der Waals surface area contributed by atoms with Gasteiger partial charge in [-0.15, -0.1) is 0 Å². The fraction of sp³-hybridized carbons (Fsp3) is 0.269. The zero-order chi connectivity index (χ0) is 36.3. The summed E-state index contributed by atoms with van der Waals surface area (Å²) in [4.78, 5) is 5.22. The van der Waals surface area contributed by atoms with Gasteiger partial charge in [0.2, 0.25) is 5.88 Å². The first-order valence-electron chi connectivity index (χ1n) is 21.4. The molecule has 0 unspecified atom stereocenters. The van der Waals surface area contributed by atoms with E-state index in [0.717, 1.165) is 41.3 Å². The molecule has 0 radical (unpaired) electrons. The number of nitrogens with zero attached hydrogens (tertiary/aromatic N) is 2. The molecule has 0 N–H and O–H groups in total. The second-order valence-corrected chi connectivity index (χ2v) is 18.6. The van der Waals surface area contributed by atoms with Crippen molar-refractivity contribution >= 4 is 68.4 Å². The van der Waals surface area contributed by atoms with Crippen LogP contribution in [0.3, 0.4) is 0 Å². The van der Waals surface area contributed by atoms with Crippen molar-refractivity contribution < 1.29 is 4.42 Å². The van der Waals surface area contributed by atoms with Crippen molar-refractivity contribution in [2.24, 2.45) is 17.8 Å². The molecule has 6 aliphatic carbocycles. The Morgan fingerprint density at radius 3 is 1.88 bits per heavy atom. The van der Waals surface area contributed by atoms with Gasteiger partial charge in [0.1, 0.15) is 5.58 Å². The van der Waals surface area contributed by atoms with Gasteiger partial charge in [-0.2, -0.15) is 0 Å². The maximum Gasteiger partial charge on any atom is 0.257 e. The van der Waals surface area contributed by atoms with Crippen molar-refractivity contribution in [2.75, 3.05) is 9.80 Å². The summed E-state index contributed by atoms with van der Waals surface area (Å²) in [6.07, 6.45) is 13.1. The van der Waals surface area contributed by atoms with Crippen LogP contribution in [0.5, 0.6) is 0 Å². The minimum atomic E-state index is 0.0523. The Balaban J connectivity index is 1.10. The molecule has 56 heavy (non-hydrogen) atoms. The Bertz CT molecular complexity index is 2780. The number of hydrogen-bond acceptors (Lipinski definition) is 3. The largest absolute Gasteiger partial charge is 0.440 e. The van der Waals surface area contributed by atoms with Crippen molar-refractivity contribution in [2.45, 2.75) is 69.6 Å². The monoisotopic (exact) mass is 722 g/mol. The zero-order valence-electron chi connectivity index (χ0n) is 31.7. The highest BCUT2D eigenvalue weighted by Crippen LogP contribution is 2.62. The van der Waals surface area contributed by atoms with Crippen LogP contribution in [0.2, 0.25) is 0 Å². The van der Waals surface area contributed by atoms with E-state index in [9.17, 15) is 0 Å². The van der Waals surface area contributed by atoms with Gasteiger partial charge in [0.05, 0.1) is 0 Å². The first-order chi connectivity index (χ1) is 27.6. The number of aryl methyl sites for hydroxylation is 4. The van der Waals surface area contributed by atoms with Gasteiger partial charge in [0.25, 0.3) is 6.71 Å². The number of fused-ring (bicyclic) bond motifs is 8. The topological polar surface area (TPSA) is 19.6 Å². The molecule has 0 saturated heterocycles. The Morgan fingerprint density at radius 2 is 1.18 bits per heavy atom. The van der Waals surface area contributed by atoms with Crippen molar-refractivity contribution in [1.82, 2.24) is 0 Å². The number of anilines is 6. The molecule has 4 bridgehead atoms.